The Balaban J connectivity index is 1.59. The second-order valence-corrected chi connectivity index (χ2v) is 9.20. The first kappa shape index (κ1) is 21.5. The van der Waals surface area contributed by atoms with Crippen LogP contribution in [-0.2, 0) is 0 Å². The summed E-state index contributed by atoms with van der Waals surface area (Å²) in [7, 11) is 2.14. The third-order valence-corrected chi connectivity index (χ3v) is 6.93. The second-order valence-electron chi connectivity index (χ2n) is 8.39. The maximum absolute atomic E-state index is 13.3. The van der Waals surface area contributed by atoms with Gasteiger partial charge in [0.15, 0.2) is 0 Å². The van der Waals surface area contributed by atoms with E-state index in [2.05, 4.69) is 34.3 Å². The van der Waals surface area contributed by atoms with Gasteiger partial charge in [-0.05, 0) is 57.0 Å². The van der Waals surface area contributed by atoms with Crippen LogP contribution < -0.4 is 10.2 Å². The number of hydrogen-bond donors (Lipinski definition) is 1. The topological polar surface area (TPSA) is 35.6 Å². The Morgan fingerprint density at radius 2 is 1.63 bits per heavy atom. The fraction of sp³-hybridized carbons (Fsp3) is 0.458. The predicted octanol–water partition coefficient (Wildman–Crippen LogP) is 5.55. The molecular formula is C24H29Cl2N3O. The molecule has 2 aliphatic rings. The summed E-state index contributed by atoms with van der Waals surface area (Å²) in [4.78, 5) is 17.8. The molecule has 1 amide bonds. The van der Waals surface area contributed by atoms with E-state index >= 15 is 0 Å². The molecule has 0 bridgehead atoms. The van der Waals surface area contributed by atoms with Crippen molar-refractivity contribution in [2.45, 2.75) is 44.2 Å². The zero-order valence-electron chi connectivity index (χ0n) is 17.4. The van der Waals surface area contributed by atoms with E-state index in [4.69, 9.17) is 23.2 Å². The quantitative estimate of drug-likeness (QED) is 0.654. The van der Waals surface area contributed by atoms with Crippen LogP contribution in [0.15, 0.2) is 42.5 Å². The highest BCUT2D eigenvalue weighted by atomic mass is 35.5. The molecule has 2 atom stereocenters. The molecule has 2 aliphatic heterocycles. The van der Waals surface area contributed by atoms with Crippen molar-refractivity contribution in [2.24, 2.45) is 0 Å². The number of carbonyl (C=O) groups is 1. The highest BCUT2D eigenvalue weighted by Gasteiger charge is 2.30. The van der Waals surface area contributed by atoms with E-state index in [9.17, 15) is 4.79 Å². The van der Waals surface area contributed by atoms with Crippen molar-refractivity contribution in [3.63, 3.8) is 0 Å². The number of nitrogens with one attached hydrogen (secondary N) is 1. The molecule has 160 valence electrons. The highest BCUT2D eigenvalue weighted by molar-refractivity contribution is 6.39. The molecule has 0 radical (unpaired) electrons. The molecule has 2 heterocycles. The number of benzene rings is 2. The molecule has 2 unspecified atom stereocenters. The number of likely N-dealkylation sites (tertiary alicyclic amines) is 1. The van der Waals surface area contributed by atoms with E-state index in [0.717, 1.165) is 50.1 Å². The Labute approximate surface area is 189 Å². The van der Waals surface area contributed by atoms with Gasteiger partial charge >= 0.3 is 0 Å². The molecular weight excluding hydrogens is 417 g/mol. The molecule has 30 heavy (non-hydrogen) atoms. The average molecular weight is 446 g/mol. The van der Waals surface area contributed by atoms with Gasteiger partial charge in [0.2, 0.25) is 0 Å². The summed E-state index contributed by atoms with van der Waals surface area (Å²) in [6, 6.07) is 13.9. The van der Waals surface area contributed by atoms with E-state index in [1.807, 2.05) is 18.2 Å². The number of rotatable bonds is 5. The Morgan fingerprint density at radius 3 is 2.27 bits per heavy atom. The highest BCUT2D eigenvalue weighted by Crippen LogP contribution is 2.37. The minimum absolute atomic E-state index is 0.0835. The molecule has 2 fully saturated rings. The number of hydrogen-bond acceptors (Lipinski definition) is 3. The van der Waals surface area contributed by atoms with Gasteiger partial charge in [-0.25, -0.2) is 0 Å². The van der Waals surface area contributed by atoms with Crippen LogP contribution in [0.25, 0.3) is 0 Å². The number of nitrogens with zero attached hydrogens (tertiary/aromatic N) is 2. The number of likely N-dealkylation sites (N-methyl/N-ethyl adjacent to an activating group) is 1. The largest absolute Gasteiger partial charge is 0.369 e. The summed E-state index contributed by atoms with van der Waals surface area (Å²) >= 11 is 13.1. The number of halogens is 2. The standard InChI is InChI=1S/C24H29Cl2N3O/c1-28-12-6-5-11-21(28)22(17-9-3-2-4-10-17)27-24(30)18-15-19(25)23(20(26)16-18)29-13-7-8-14-29/h2-4,9-10,15-16,21-22H,5-8,11-14H2,1H3,(H,27,30). The van der Waals surface area contributed by atoms with E-state index in [1.54, 1.807) is 12.1 Å². The minimum Gasteiger partial charge on any atom is -0.369 e. The normalized spacial score (nSPS) is 20.9. The van der Waals surface area contributed by atoms with Gasteiger partial charge in [-0.1, -0.05) is 60.0 Å². The number of carbonyl (C=O) groups excluding carboxylic acids is 1. The van der Waals surface area contributed by atoms with E-state index in [1.165, 1.54) is 12.8 Å². The summed E-state index contributed by atoms with van der Waals surface area (Å²) in [5, 5.41) is 4.37. The SMILES string of the molecule is CN1CCCCC1C(NC(=O)c1cc(Cl)c(N2CCCC2)c(Cl)c1)c1ccccc1. The minimum atomic E-state index is -0.139. The van der Waals surface area contributed by atoms with Crippen molar-refractivity contribution in [1.29, 1.82) is 0 Å². The van der Waals surface area contributed by atoms with Crippen molar-refractivity contribution in [3.05, 3.63) is 63.6 Å². The molecule has 1 N–H and O–H groups in total. The zero-order chi connectivity index (χ0) is 21.1. The fourth-order valence-corrected chi connectivity index (χ4v) is 5.47. The first-order valence-corrected chi connectivity index (χ1v) is 11.6. The maximum Gasteiger partial charge on any atom is 0.251 e. The first-order chi connectivity index (χ1) is 14.5. The lowest BCUT2D eigenvalue weighted by Gasteiger charge is -2.38. The number of piperidine rings is 1. The molecule has 4 nitrogen and oxygen atoms in total. The number of amides is 1. The summed E-state index contributed by atoms with van der Waals surface area (Å²) in [5.41, 5.74) is 2.47. The number of anilines is 1. The maximum atomic E-state index is 13.3. The van der Waals surface area contributed by atoms with Crippen LogP contribution in [0.1, 0.15) is 54.1 Å². The van der Waals surface area contributed by atoms with Gasteiger partial charge in [-0.3, -0.25) is 4.79 Å². The summed E-state index contributed by atoms with van der Waals surface area (Å²) < 4.78 is 0. The average Bonchev–Trinajstić information content (AvgIpc) is 3.27. The summed E-state index contributed by atoms with van der Waals surface area (Å²) in [6.45, 7) is 2.95. The fourth-order valence-electron chi connectivity index (χ4n) is 4.75. The summed E-state index contributed by atoms with van der Waals surface area (Å²) in [5.74, 6) is -0.139. The van der Waals surface area contributed by atoms with Crippen LogP contribution in [0.3, 0.4) is 0 Å². The zero-order valence-corrected chi connectivity index (χ0v) is 18.9. The lowest BCUT2D eigenvalue weighted by Crippen LogP contribution is -2.47. The summed E-state index contributed by atoms with van der Waals surface area (Å²) in [6.07, 6.45) is 5.72. The van der Waals surface area contributed by atoms with Crippen molar-refractivity contribution in [3.8, 4) is 0 Å². The van der Waals surface area contributed by atoms with Crippen LogP contribution in [0, 0.1) is 0 Å². The molecule has 0 saturated carbocycles. The molecule has 2 aromatic carbocycles. The molecule has 2 aromatic rings. The van der Waals surface area contributed by atoms with Crippen LogP contribution in [0.4, 0.5) is 5.69 Å². The van der Waals surface area contributed by atoms with E-state index < -0.39 is 0 Å². The molecule has 0 spiro atoms. The molecule has 0 aliphatic carbocycles. The molecule has 0 aromatic heterocycles. The van der Waals surface area contributed by atoms with Gasteiger partial charge in [0.1, 0.15) is 0 Å². The van der Waals surface area contributed by atoms with Gasteiger partial charge in [-0.15, -0.1) is 0 Å². The molecule has 6 heteroatoms. The second kappa shape index (κ2) is 9.59. The van der Waals surface area contributed by atoms with Gasteiger partial charge in [0.05, 0.1) is 21.8 Å². The smallest absolute Gasteiger partial charge is 0.251 e. The predicted molar refractivity (Wildman–Crippen MR) is 125 cm³/mol. The Hall–Kier alpha value is -1.75. The van der Waals surface area contributed by atoms with Crippen molar-refractivity contribution >= 4 is 34.8 Å². The van der Waals surface area contributed by atoms with Gasteiger partial charge in [0, 0.05) is 24.7 Å². The van der Waals surface area contributed by atoms with E-state index in [-0.39, 0.29) is 18.0 Å². The molecule has 2 saturated heterocycles. The lowest BCUT2D eigenvalue weighted by molar-refractivity contribution is 0.0871. The van der Waals surface area contributed by atoms with Crippen LogP contribution in [0.2, 0.25) is 10.0 Å². The van der Waals surface area contributed by atoms with E-state index in [0.29, 0.717) is 15.6 Å². The third kappa shape index (κ3) is 4.61. The van der Waals surface area contributed by atoms with Crippen LogP contribution in [0.5, 0.6) is 0 Å². The van der Waals surface area contributed by atoms with Crippen LogP contribution in [-0.4, -0.2) is 43.5 Å². The van der Waals surface area contributed by atoms with Gasteiger partial charge < -0.3 is 15.1 Å². The van der Waals surface area contributed by atoms with Crippen molar-refractivity contribution in [2.75, 3.05) is 31.6 Å². The van der Waals surface area contributed by atoms with Crippen molar-refractivity contribution in [1.82, 2.24) is 10.2 Å². The van der Waals surface area contributed by atoms with Crippen molar-refractivity contribution < 1.29 is 4.79 Å². The van der Waals surface area contributed by atoms with Gasteiger partial charge in [-0.2, -0.15) is 0 Å². The van der Waals surface area contributed by atoms with Gasteiger partial charge in [0.25, 0.3) is 5.91 Å². The monoisotopic (exact) mass is 445 g/mol. The first-order valence-electron chi connectivity index (χ1n) is 10.8. The molecule has 4 rings (SSSR count). The Kier molecular flexibility index (Phi) is 6.87. The third-order valence-electron chi connectivity index (χ3n) is 6.36. The van der Waals surface area contributed by atoms with Crippen LogP contribution >= 0.6 is 23.2 Å². The lowest BCUT2D eigenvalue weighted by atomic mass is 9.91. The Bertz CT molecular complexity index is 860. The Morgan fingerprint density at radius 1 is 1.00 bits per heavy atom.